The molecule has 8 heteroatoms. The second-order valence-electron chi connectivity index (χ2n) is 9.37. The van der Waals surface area contributed by atoms with Gasteiger partial charge in [0, 0.05) is 60.4 Å². The van der Waals surface area contributed by atoms with Crippen LogP contribution in [0, 0.1) is 18.3 Å². The molecule has 1 spiro atoms. The SMILES string of the molecule is CN=C(NCC(c1ccc(C)s1)N1CCOCC1)NC1C2CCOC2C12CCCC2.I. The van der Waals surface area contributed by atoms with Crippen LogP contribution >= 0.6 is 35.3 Å². The minimum Gasteiger partial charge on any atom is -0.379 e. The van der Waals surface area contributed by atoms with Gasteiger partial charge in [-0.1, -0.05) is 12.8 Å². The molecule has 0 radical (unpaired) electrons. The van der Waals surface area contributed by atoms with Gasteiger partial charge in [0.25, 0.3) is 0 Å². The van der Waals surface area contributed by atoms with Crippen molar-refractivity contribution >= 4 is 41.3 Å². The molecule has 1 aromatic rings. The van der Waals surface area contributed by atoms with Crippen molar-refractivity contribution in [2.45, 2.75) is 57.2 Å². The fraction of sp³-hybridized carbons (Fsp3) is 0.783. The number of hydrogen-bond donors (Lipinski definition) is 2. The Morgan fingerprint density at radius 3 is 2.71 bits per heavy atom. The number of guanidine groups is 1. The van der Waals surface area contributed by atoms with Crippen LogP contribution in [0.5, 0.6) is 0 Å². The maximum atomic E-state index is 6.16. The fourth-order valence-corrected chi connectivity index (χ4v) is 7.38. The maximum absolute atomic E-state index is 6.16. The number of ether oxygens (including phenoxy) is 2. The van der Waals surface area contributed by atoms with Gasteiger partial charge < -0.3 is 20.1 Å². The van der Waals surface area contributed by atoms with Crippen molar-refractivity contribution in [3.8, 4) is 0 Å². The smallest absolute Gasteiger partial charge is 0.191 e. The predicted octanol–water partition coefficient (Wildman–Crippen LogP) is 3.56. The van der Waals surface area contributed by atoms with Gasteiger partial charge in [0.15, 0.2) is 5.96 Å². The van der Waals surface area contributed by atoms with Gasteiger partial charge in [-0.05, 0) is 38.3 Å². The van der Waals surface area contributed by atoms with Gasteiger partial charge >= 0.3 is 0 Å². The number of nitrogens with zero attached hydrogens (tertiary/aromatic N) is 2. The van der Waals surface area contributed by atoms with Crippen molar-refractivity contribution in [3.05, 3.63) is 21.9 Å². The number of rotatable bonds is 5. The van der Waals surface area contributed by atoms with Gasteiger partial charge in [0.2, 0.25) is 0 Å². The van der Waals surface area contributed by atoms with Gasteiger partial charge in [-0.25, -0.2) is 0 Å². The molecule has 2 N–H and O–H groups in total. The highest BCUT2D eigenvalue weighted by Crippen LogP contribution is 2.60. The number of hydrogen-bond acceptors (Lipinski definition) is 5. The lowest BCUT2D eigenvalue weighted by Crippen LogP contribution is -2.69. The fourth-order valence-electron chi connectivity index (χ4n) is 6.37. The van der Waals surface area contributed by atoms with Crippen molar-refractivity contribution in [1.82, 2.24) is 15.5 Å². The average Bonchev–Trinajstić information content (AvgIpc) is 3.51. The number of aryl methyl sites for hydroxylation is 1. The first-order valence-corrected chi connectivity index (χ1v) is 12.5. The minimum absolute atomic E-state index is 0. The van der Waals surface area contributed by atoms with Gasteiger partial charge in [-0.2, -0.15) is 0 Å². The average molecular weight is 561 g/mol. The van der Waals surface area contributed by atoms with E-state index in [1.807, 2.05) is 18.4 Å². The van der Waals surface area contributed by atoms with Gasteiger partial charge in [0.05, 0.1) is 25.4 Å². The molecule has 3 heterocycles. The predicted molar refractivity (Wildman–Crippen MR) is 137 cm³/mol. The summed E-state index contributed by atoms with van der Waals surface area (Å²) in [4.78, 5) is 9.96. The van der Waals surface area contributed by atoms with Crippen LogP contribution < -0.4 is 10.6 Å². The lowest BCUT2D eigenvalue weighted by Gasteiger charge is -2.57. The molecule has 6 nitrogen and oxygen atoms in total. The molecule has 4 aliphatic rings. The molecule has 4 unspecified atom stereocenters. The molecule has 2 aliphatic carbocycles. The summed E-state index contributed by atoms with van der Waals surface area (Å²) in [5, 5.41) is 7.52. The Kier molecular flexibility index (Phi) is 7.84. The van der Waals surface area contributed by atoms with Crippen LogP contribution in [0.25, 0.3) is 0 Å². The van der Waals surface area contributed by atoms with Crippen molar-refractivity contribution < 1.29 is 9.47 Å². The van der Waals surface area contributed by atoms with Crippen molar-refractivity contribution in [2.24, 2.45) is 16.3 Å². The summed E-state index contributed by atoms with van der Waals surface area (Å²) in [5.74, 6) is 1.60. The van der Waals surface area contributed by atoms with Crippen molar-refractivity contribution in [1.29, 1.82) is 0 Å². The summed E-state index contributed by atoms with van der Waals surface area (Å²) in [6.07, 6.45) is 6.94. The number of halogens is 1. The molecule has 0 amide bonds. The van der Waals surface area contributed by atoms with Gasteiger partial charge in [0.1, 0.15) is 0 Å². The second-order valence-corrected chi connectivity index (χ2v) is 10.7. The third kappa shape index (κ3) is 4.52. The van der Waals surface area contributed by atoms with Crippen molar-refractivity contribution in [3.63, 3.8) is 0 Å². The molecule has 174 valence electrons. The van der Waals surface area contributed by atoms with E-state index < -0.39 is 0 Å². The monoisotopic (exact) mass is 560 g/mol. The Labute approximate surface area is 207 Å². The third-order valence-electron chi connectivity index (χ3n) is 7.84. The number of fused-ring (bicyclic) bond motifs is 2. The van der Waals surface area contributed by atoms with E-state index in [1.165, 1.54) is 41.9 Å². The van der Waals surface area contributed by atoms with Gasteiger partial charge in [-0.15, -0.1) is 35.3 Å². The van der Waals surface area contributed by atoms with Crippen LogP contribution in [0.2, 0.25) is 0 Å². The quantitative estimate of drug-likeness (QED) is 0.328. The molecule has 5 rings (SSSR count). The van der Waals surface area contributed by atoms with Crippen LogP contribution in [-0.2, 0) is 9.47 Å². The van der Waals surface area contributed by atoms with Crippen molar-refractivity contribution in [2.75, 3.05) is 46.5 Å². The molecule has 4 atom stereocenters. The van der Waals surface area contributed by atoms with E-state index >= 15 is 0 Å². The first kappa shape index (κ1) is 23.7. The second kappa shape index (κ2) is 10.2. The van der Waals surface area contributed by atoms with Crippen LogP contribution in [0.3, 0.4) is 0 Å². The lowest BCUT2D eigenvalue weighted by atomic mass is 9.54. The third-order valence-corrected chi connectivity index (χ3v) is 8.94. The number of aliphatic imine (C=N–C) groups is 1. The lowest BCUT2D eigenvalue weighted by molar-refractivity contribution is -0.125. The van der Waals surface area contributed by atoms with E-state index in [2.05, 4.69) is 39.6 Å². The number of morpholine rings is 1. The standard InChI is InChI=1S/C23H36N4O2S.HI/c1-16-5-6-19(30-16)18(27-10-13-28-14-11-27)15-25-22(24-2)26-20-17-7-12-29-21(17)23(20)8-3-4-9-23;/h5-6,17-18,20-21H,3-4,7-15H2,1-2H3,(H2,24,25,26);1H. The Morgan fingerprint density at radius 1 is 1.26 bits per heavy atom. The van der Waals surface area contributed by atoms with Crippen LogP contribution in [0.1, 0.15) is 47.9 Å². The highest BCUT2D eigenvalue weighted by atomic mass is 127. The highest BCUT2D eigenvalue weighted by Gasteiger charge is 2.65. The molecule has 0 aromatic carbocycles. The molecule has 2 aliphatic heterocycles. The molecule has 0 bridgehead atoms. The summed E-state index contributed by atoms with van der Waals surface area (Å²) in [6, 6.07) is 5.39. The summed E-state index contributed by atoms with van der Waals surface area (Å²) in [7, 11) is 1.90. The Bertz CT molecular complexity index is 761. The first-order chi connectivity index (χ1) is 14.7. The molecule has 2 saturated heterocycles. The van der Waals surface area contributed by atoms with Crippen LogP contribution in [0.4, 0.5) is 0 Å². The normalized spacial score (nSPS) is 31.0. The topological polar surface area (TPSA) is 58.1 Å². The summed E-state index contributed by atoms with van der Waals surface area (Å²) < 4.78 is 11.8. The Hall–Kier alpha value is -0.420. The number of thiophene rings is 1. The molecule has 2 saturated carbocycles. The largest absolute Gasteiger partial charge is 0.379 e. The zero-order valence-corrected chi connectivity index (χ0v) is 21.9. The Morgan fingerprint density at radius 2 is 2.03 bits per heavy atom. The van der Waals surface area contributed by atoms with Gasteiger partial charge in [-0.3, -0.25) is 9.89 Å². The number of nitrogens with one attached hydrogen (secondary N) is 2. The Balaban J connectivity index is 0.00000231. The minimum atomic E-state index is 0. The molecular weight excluding hydrogens is 523 g/mol. The molecule has 1 aromatic heterocycles. The van der Waals surface area contributed by atoms with Crippen LogP contribution in [0.15, 0.2) is 17.1 Å². The van der Waals surface area contributed by atoms with Crippen LogP contribution in [-0.4, -0.2) is 69.5 Å². The molecule has 4 fully saturated rings. The van der Waals surface area contributed by atoms with E-state index in [0.717, 1.165) is 45.4 Å². The summed E-state index contributed by atoms with van der Waals surface area (Å²) in [5.41, 5.74) is 0.341. The molecule has 31 heavy (non-hydrogen) atoms. The first-order valence-electron chi connectivity index (χ1n) is 11.7. The van der Waals surface area contributed by atoms with E-state index in [4.69, 9.17) is 9.47 Å². The maximum Gasteiger partial charge on any atom is 0.191 e. The van der Waals surface area contributed by atoms with E-state index in [1.54, 1.807) is 0 Å². The van der Waals surface area contributed by atoms with E-state index in [-0.39, 0.29) is 24.0 Å². The highest BCUT2D eigenvalue weighted by molar-refractivity contribution is 14.0. The zero-order chi connectivity index (χ0) is 20.6. The van der Waals surface area contributed by atoms with E-state index in [0.29, 0.717) is 29.5 Å². The summed E-state index contributed by atoms with van der Waals surface area (Å²) in [6.45, 7) is 7.60. The molecular formula is C23H37IN4O2S. The van der Waals surface area contributed by atoms with E-state index in [9.17, 15) is 0 Å². The summed E-state index contributed by atoms with van der Waals surface area (Å²) >= 11 is 1.91. The zero-order valence-electron chi connectivity index (χ0n) is 18.8.